The highest BCUT2D eigenvalue weighted by atomic mass is 16.5. The van der Waals surface area contributed by atoms with Crippen LogP contribution in [0.4, 0.5) is 0 Å². The van der Waals surface area contributed by atoms with Gasteiger partial charge in [0.25, 0.3) is 0 Å². The number of methoxy groups -OCH3 is 1. The molecular formula is C12H17NO4. The third-order valence-electron chi connectivity index (χ3n) is 2.49. The fourth-order valence-corrected chi connectivity index (χ4v) is 1.46. The number of carbonyl (C=O) groups is 1. The first-order valence-corrected chi connectivity index (χ1v) is 5.28. The van der Waals surface area contributed by atoms with Crippen molar-refractivity contribution in [1.29, 1.82) is 0 Å². The summed E-state index contributed by atoms with van der Waals surface area (Å²) < 4.78 is 5.03. The van der Waals surface area contributed by atoms with Gasteiger partial charge >= 0.3 is 5.97 Å². The first kappa shape index (κ1) is 13.3. The molecule has 3 N–H and O–H groups in total. The molecule has 0 saturated carbocycles. The minimum Gasteiger partial charge on any atom is -0.504 e. The molecule has 1 unspecified atom stereocenters. The van der Waals surface area contributed by atoms with Crippen LogP contribution < -0.4 is 10.1 Å². The van der Waals surface area contributed by atoms with E-state index in [1.165, 1.54) is 7.11 Å². The fraction of sp³-hybridized carbons (Fsp3) is 0.417. The molecule has 5 nitrogen and oxygen atoms in total. The molecule has 1 rings (SSSR count). The van der Waals surface area contributed by atoms with Crippen LogP contribution in [0.2, 0.25) is 0 Å². The largest absolute Gasteiger partial charge is 0.504 e. The lowest BCUT2D eigenvalue weighted by Crippen LogP contribution is -2.33. The van der Waals surface area contributed by atoms with Crippen molar-refractivity contribution in [3.8, 4) is 11.5 Å². The van der Waals surface area contributed by atoms with Gasteiger partial charge in [-0.25, -0.2) is 0 Å². The molecule has 0 aromatic heterocycles. The van der Waals surface area contributed by atoms with Crippen molar-refractivity contribution < 1.29 is 19.7 Å². The number of rotatable bonds is 5. The Bertz CT molecular complexity index is 417. The molecule has 0 aliphatic rings. The van der Waals surface area contributed by atoms with Crippen molar-refractivity contribution >= 4 is 5.97 Å². The lowest BCUT2D eigenvalue weighted by atomic mass is 10.1. The van der Waals surface area contributed by atoms with E-state index in [2.05, 4.69) is 5.32 Å². The SMILES string of the molecule is COc1cc(C)cc(CNC(C)C(=O)O)c1O. The van der Waals surface area contributed by atoms with Crippen LogP contribution in [-0.4, -0.2) is 29.3 Å². The van der Waals surface area contributed by atoms with Crippen molar-refractivity contribution in [2.45, 2.75) is 26.4 Å². The van der Waals surface area contributed by atoms with Gasteiger partial charge in [0.05, 0.1) is 7.11 Å². The van der Waals surface area contributed by atoms with Crippen molar-refractivity contribution in [2.75, 3.05) is 7.11 Å². The molecular weight excluding hydrogens is 222 g/mol. The van der Waals surface area contributed by atoms with E-state index in [-0.39, 0.29) is 12.3 Å². The van der Waals surface area contributed by atoms with Crippen LogP contribution >= 0.6 is 0 Å². The molecule has 17 heavy (non-hydrogen) atoms. The zero-order valence-electron chi connectivity index (χ0n) is 10.2. The molecule has 0 heterocycles. The summed E-state index contributed by atoms with van der Waals surface area (Å²) in [5.41, 5.74) is 1.56. The molecule has 1 aromatic carbocycles. The number of benzene rings is 1. The minimum absolute atomic E-state index is 0.0446. The molecule has 1 atom stereocenters. The number of phenols is 1. The maximum absolute atomic E-state index is 10.6. The van der Waals surface area contributed by atoms with Crippen molar-refractivity contribution in [2.24, 2.45) is 0 Å². The zero-order chi connectivity index (χ0) is 13.0. The van der Waals surface area contributed by atoms with E-state index in [1.54, 1.807) is 19.1 Å². The van der Waals surface area contributed by atoms with E-state index in [0.29, 0.717) is 11.3 Å². The molecule has 0 aliphatic carbocycles. The summed E-state index contributed by atoms with van der Waals surface area (Å²) in [5.74, 6) is -0.489. The van der Waals surface area contributed by atoms with Crippen molar-refractivity contribution in [3.05, 3.63) is 23.3 Å². The van der Waals surface area contributed by atoms with E-state index >= 15 is 0 Å². The van der Waals surface area contributed by atoms with Crippen LogP contribution in [-0.2, 0) is 11.3 Å². The van der Waals surface area contributed by atoms with Gasteiger partial charge in [-0.2, -0.15) is 0 Å². The smallest absolute Gasteiger partial charge is 0.320 e. The molecule has 0 aliphatic heterocycles. The third kappa shape index (κ3) is 3.35. The number of aryl methyl sites for hydroxylation is 1. The van der Waals surface area contributed by atoms with Gasteiger partial charge in [0.2, 0.25) is 0 Å². The van der Waals surface area contributed by atoms with Gasteiger partial charge in [-0.15, -0.1) is 0 Å². The highest BCUT2D eigenvalue weighted by molar-refractivity contribution is 5.72. The fourth-order valence-electron chi connectivity index (χ4n) is 1.46. The maximum atomic E-state index is 10.6. The Hall–Kier alpha value is -1.75. The summed E-state index contributed by atoms with van der Waals surface area (Å²) in [4.78, 5) is 10.6. The number of phenolic OH excluding ortho intramolecular Hbond substituents is 1. The van der Waals surface area contributed by atoms with Crippen LogP contribution in [0.15, 0.2) is 12.1 Å². The Kier molecular flexibility index (Phi) is 4.34. The second-order valence-electron chi connectivity index (χ2n) is 3.92. The average Bonchev–Trinajstić information content (AvgIpc) is 2.29. The summed E-state index contributed by atoms with van der Waals surface area (Å²) in [7, 11) is 1.48. The molecule has 94 valence electrons. The number of aliphatic carboxylic acids is 1. The van der Waals surface area contributed by atoms with E-state index in [0.717, 1.165) is 5.56 Å². The Balaban J connectivity index is 2.84. The zero-order valence-corrected chi connectivity index (χ0v) is 10.2. The van der Waals surface area contributed by atoms with Gasteiger partial charge < -0.3 is 20.3 Å². The van der Waals surface area contributed by atoms with Crippen molar-refractivity contribution in [3.63, 3.8) is 0 Å². The van der Waals surface area contributed by atoms with Crippen molar-refractivity contribution in [1.82, 2.24) is 5.32 Å². The van der Waals surface area contributed by atoms with E-state index < -0.39 is 12.0 Å². The number of aromatic hydroxyl groups is 1. The van der Waals surface area contributed by atoms with Crippen LogP contribution in [0.5, 0.6) is 11.5 Å². The summed E-state index contributed by atoms with van der Waals surface area (Å²) in [6.07, 6.45) is 0. The van der Waals surface area contributed by atoms with Crippen LogP contribution in [0.1, 0.15) is 18.1 Å². The van der Waals surface area contributed by atoms with E-state index in [4.69, 9.17) is 9.84 Å². The molecule has 0 saturated heterocycles. The molecule has 0 fully saturated rings. The Morgan fingerprint density at radius 2 is 2.18 bits per heavy atom. The average molecular weight is 239 g/mol. The Morgan fingerprint density at radius 1 is 1.53 bits per heavy atom. The van der Waals surface area contributed by atoms with Gasteiger partial charge in [-0.3, -0.25) is 4.79 Å². The molecule has 5 heteroatoms. The molecule has 0 bridgehead atoms. The number of ether oxygens (including phenoxy) is 1. The first-order chi connectivity index (χ1) is 7.95. The number of hydrogen-bond donors (Lipinski definition) is 3. The second kappa shape index (κ2) is 5.54. The third-order valence-corrected chi connectivity index (χ3v) is 2.49. The molecule has 0 amide bonds. The standard InChI is InChI=1S/C12H17NO4/c1-7-4-9(6-13-8(2)12(15)16)11(14)10(5-7)17-3/h4-5,8,13-14H,6H2,1-3H3,(H,15,16). The monoisotopic (exact) mass is 239 g/mol. The number of nitrogens with one attached hydrogen (secondary N) is 1. The predicted molar refractivity (Wildman–Crippen MR) is 63.3 cm³/mol. The summed E-state index contributed by atoms with van der Waals surface area (Å²) >= 11 is 0. The van der Waals surface area contributed by atoms with Gasteiger partial charge in [-0.1, -0.05) is 6.07 Å². The Labute approximate surface area is 100 Å². The quantitative estimate of drug-likeness (QED) is 0.721. The van der Waals surface area contributed by atoms with Gasteiger partial charge in [0.1, 0.15) is 6.04 Å². The summed E-state index contributed by atoms with van der Waals surface area (Å²) in [6.45, 7) is 3.70. The summed E-state index contributed by atoms with van der Waals surface area (Å²) in [5, 5.41) is 21.4. The van der Waals surface area contributed by atoms with E-state index in [9.17, 15) is 9.90 Å². The molecule has 1 aromatic rings. The lowest BCUT2D eigenvalue weighted by Gasteiger charge is -2.13. The Morgan fingerprint density at radius 3 is 2.71 bits per heavy atom. The lowest BCUT2D eigenvalue weighted by molar-refractivity contribution is -0.139. The highest BCUT2D eigenvalue weighted by Crippen LogP contribution is 2.31. The van der Waals surface area contributed by atoms with Gasteiger partial charge in [0.15, 0.2) is 11.5 Å². The topological polar surface area (TPSA) is 78.8 Å². The highest BCUT2D eigenvalue weighted by Gasteiger charge is 2.13. The summed E-state index contributed by atoms with van der Waals surface area (Å²) in [6, 6.07) is 2.85. The minimum atomic E-state index is -0.927. The van der Waals surface area contributed by atoms with Gasteiger partial charge in [0, 0.05) is 12.1 Å². The molecule has 0 spiro atoms. The predicted octanol–water partition coefficient (Wildman–Crippen LogP) is 1.27. The number of carboxylic acid groups (broad SMARTS) is 1. The van der Waals surface area contributed by atoms with E-state index in [1.807, 2.05) is 6.92 Å². The first-order valence-electron chi connectivity index (χ1n) is 5.28. The normalized spacial score (nSPS) is 12.2. The van der Waals surface area contributed by atoms with Gasteiger partial charge in [-0.05, 0) is 25.5 Å². The number of carboxylic acids is 1. The van der Waals surface area contributed by atoms with Crippen LogP contribution in [0.25, 0.3) is 0 Å². The molecule has 0 radical (unpaired) electrons. The second-order valence-corrected chi connectivity index (χ2v) is 3.92. The maximum Gasteiger partial charge on any atom is 0.320 e. The van der Waals surface area contributed by atoms with Crippen LogP contribution in [0, 0.1) is 6.92 Å². The van der Waals surface area contributed by atoms with Crippen LogP contribution in [0.3, 0.4) is 0 Å². The number of hydrogen-bond acceptors (Lipinski definition) is 4.